The van der Waals surface area contributed by atoms with Crippen molar-refractivity contribution in [1.82, 2.24) is 9.80 Å². The van der Waals surface area contributed by atoms with E-state index in [0.717, 1.165) is 25.6 Å². The lowest BCUT2D eigenvalue weighted by molar-refractivity contribution is 0.000268. The lowest BCUT2D eigenvalue weighted by atomic mass is 9.97. The normalized spacial score (nSPS) is 31.1. The Morgan fingerprint density at radius 1 is 1.32 bits per heavy atom. The second-order valence-corrected chi connectivity index (χ2v) is 6.09. The molecule has 0 aromatic rings. The zero-order valence-electron chi connectivity index (χ0n) is 12.7. The van der Waals surface area contributed by atoms with Crippen LogP contribution in [0, 0.1) is 0 Å². The van der Waals surface area contributed by atoms with Gasteiger partial charge in [-0.15, -0.1) is 0 Å². The van der Waals surface area contributed by atoms with Crippen molar-refractivity contribution in [2.45, 2.75) is 57.7 Å². The van der Waals surface area contributed by atoms with E-state index in [2.05, 4.69) is 16.7 Å². The molecule has 0 aromatic carbocycles. The fourth-order valence-corrected chi connectivity index (χ4v) is 3.54. The topological polar surface area (TPSA) is 41.7 Å². The van der Waals surface area contributed by atoms with Crippen LogP contribution in [-0.2, 0) is 4.74 Å². The number of hydrogen-bond donors (Lipinski definition) is 1. The fourth-order valence-electron chi connectivity index (χ4n) is 3.54. The molecule has 2 aliphatic rings. The molecule has 0 saturated carbocycles. The maximum Gasteiger partial charge on any atom is 0.0709 e. The van der Waals surface area contributed by atoms with Crippen LogP contribution >= 0.6 is 0 Å². The van der Waals surface area contributed by atoms with Crippen LogP contribution in [-0.4, -0.2) is 67.3 Å². The largest absolute Gasteiger partial charge is 0.377 e. The van der Waals surface area contributed by atoms with Crippen molar-refractivity contribution < 1.29 is 4.74 Å². The van der Waals surface area contributed by atoms with E-state index in [1.165, 1.54) is 38.9 Å². The van der Waals surface area contributed by atoms with Crippen molar-refractivity contribution in [3.05, 3.63) is 0 Å². The van der Waals surface area contributed by atoms with Crippen molar-refractivity contribution in [2.24, 2.45) is 5.73 Å². The van der Waals surface area contributed by atoms with E-state index in [0.29, 0.717) is 12.6 Å². The first-order chi connectivity index (χ1) is 9.24. The zero-order valence-corrected chi connectivity index (χ0v) is 12.7. The van der Waals surface area contributed by atoms with Gasteiger partial charge >= 0.3 is 0 Å². The second kappa shape index (κ2) is 7.58. The van der Waals surface area contributed by atoms with Crippen molar-refractivity contribution >= 4 is 0 Å². The van der Waals surface area contributed by atoms with Gasteiger partial charge in [0.25, 0.3) is 0 Å². The smallest absolute Gasteiger partial charge is 0.0709 e. The van der Waals surface area contributed by atoms with Gasteiger partial charge < -0.3 is 10.5 Å². The lowest BCUT2D eigenvalue weighted by Crippen LogP contribution is -2.59. The zero-order chi connectivity index (χ0) is 13.7. The van der Waals surface area contributed by atoms with Gasteiger partial charge in [-0.05, 0) is 39.7 Å². The Hall–Kier alpha value is -0.160. The van der Waals surface area contributed by atoms with Crippen LogP contribution in [0.3, 0.4) is 0 Å². The average Bonchev–Trinajstić information content (AvgIpc) is 2.43. The maximum absolute atomic E-state index is 5.76. The first kappa shape index (κ1) is 15.2. The quantitative estimate of drug-likeness (QED) is 0.789. The van der Waals surface area contributed by atoms with Gasteiger partial charge in [0.15, 0.2) is 0 Å². The Labute approximate surface area is 118 Å². The van der Waals surface area contributed by atoms with E-state index in [1.54, 1.807) is 0 Å². The minimum absolute atomic E-state index is 0.238. The number of nitrogens with zero attached hydrogens (tertiary/aromatic N) is 2. The van der Waals surface area contributed by atoms with E-state index >= 15 is 0 Å². The molecule has 2 aliphatic heterocycles. The Balaban J connectivity index is 1.79. The van der Waals surface area contributed by atoms with Gasteiger partial charge in [0, 0.05) is 44.9 Å². The van der Waals surface area contributed by atoms with E-state index in [1.807, 2.05) is 6.92 Å². The summed E-state index contributed by atoms with van der Waals surface area (Å²) in [5.41, 5.74) is 5.76. The molecule has 112 valence electrons. The highest BCUT2D eigenvalue weighted by molar-refractivity contribution is 4.89. The molecular formula is C15H31N3O. The average molecular weight is 269 g/mol. The summed E-state index contributed by atoms with van der Waals surface area (Å²) >= 11 is 0. The van der Waals surface area contributed by atoms with Crippen molar-refractivity contribution in [1.29, 1.82) is 0 Å². The first-order valence-corrected chi connectivity index (χ1v) is 8.04. The summed E-state index contributed by atoms with van der Waals surface area (Å²) in [7, 11) is 0. The van der Waals surface area contributed by atoms with Crippen molar-refractivity contribution in [2.75, 3.05) is 39.3 Å². The SMILES string of the molecule is CCOC(CN)CCN1CC2CCCCN2CC1C. The molecule has 2 saturated heterocycles. The molecule has 0 spiro atoms. The molecule has 0 aromatic heterocycles. The summed E-state index contributed by atoms with van der Waals surface area (Å²) in [6.07, 6.45) is 5.49. The van der Waals surface area contributed by atoms with Gasteiger partial charge in [-0.1, -0.05) is 6.42 Å². The number of hydrogen-bond acceptors (Lipinski definition) is 4. The second-order valence-electron chi connectivity index (χ2n) is 6.09. The number of piperazine rings is 1. The summed E-state index contributed by atoms with van der Waals surface area (Å²) in [6, 6.07) is 1.47. The first-order valence-electron chi connectivity index (χ1n) is 8.04. The van der Waals surface area contributed by atoms with E-state index in [-0.39, 0.29) is 6.10 Å². The molecule has 0 bridgehead atoms. The van der Waals surface area contributed by atoms with Gasteiger partial charge in [-0.3, -0.25) is 9.80 Å². The summed E-state index contributed by atoms with van der Waals surface area (Å²) in [4.78, 5) is 5.35. The van der Waals surface area contributed by atoms with Crippen LogP contribution in [0.15, 0.2) is 0 Å². The standard InChI is InChI=1S/C15H31N3O/c1-3-19-15(10-16)7-9-17-12-14-6-4-5-8-18(14)11-13(17)2/h13-15H,3-12,16H2,1-2H3. The number of ether oxygens (including phenoxy) is 1. The van der Waals surface area contributed by atoms with Gasteiger partial charge in [-0.2, -0.15) is 0 Å². The van der Waals surface area contributed by atoms with Crippen LogP contribution in [0.5, 0.6) is 0 Å². The van der Waals surface area contributed by atoms with Gasteiger partial charge in [0.05, 0.1) is 6.10 Å². The molecule has 2 fully saturated rings. The minimum atomic E-state index is 0.238. The Bertz CT molecular complexity index is 262. The van der Waals surface area contributed by atoms with Gasteiger partial charge in [-0.25, -0.2) is 0 Å². The molecule has 0 radical (unpaired) electrons. The number of nitrogens with two attached hydrogens (primary N) is 1. The number of rotatable bonds is 6. The van der Waals surface area contributed by atoms with E-state index < -0.39 is 0 Å². The highest BCUT2D eigenvalue weighted by Crippen LogP contribution is 2.24. The third-order valence-electron chi connectivity index (χ3n) is 4.72. The fraction of sp³-hybridized carbons (Fsp3) is 1.00. The van der Waals surface area contributed by atoms with Crippen LogP contribution in [0.4, 0.5) is 0 Å². The molecule has 3 unspecified atom stereocenters. The molecule has 2 N–H and O–H groups in total. The Kier molecular flexibility index (Phi) is 6.07. The molecule has 0 amide bonds. The van der Waals surface area contributed by atoms with Gasteiger partial charge in [0.2, 0.25) is 0 Å². The Morgan fingerprint density at radius 3 is 2.89 bits per heavy atom. The molecule has 4 nitrogen and oxygen atoms in total. The minimum Gasteiger partial charge on any atom is -0.377 e. The number of fused-ring (bicyclic) bond motifs is 1. The number of piperidine rings is 1. The van der Waals surface area contributed by atoms with Crippen LogP contribution in [0.2, 0.25) is 0 Å². The summed E-state index contributed by atoms with van der Waals surface area (Å²) in [6.45, 7) is 10.8. The highest BCUT2D eigenvalue weighted by Gasteiger charge is 2.32. The van der Waals surface area contributed by atoms with Gasteiger partial charge in [0.1, 0.15) is 0 Å². The molecule has 3 atom stereocenters. The van der Waals surface area contributed by atoms with Crippen LogP contribution in [0.1, 0.15) is 39.5 Å². The van der Waals surface area contributed by atoms with Crippen molar-refractivity contribution in [3.8, 4) is 0 Å². The third kappa shape index (κ3) is 4.15. The van der Waals surface area contributed by atoms with Crippen molar-refractivity contribution in [3.63, 3.8) is 0 Å². The molecule has 0 aliphatic carbocycles. The molecule has 2 rings (SSSR count). The monoisotopic (exact) mass is 269 g/mol. The van der Waals surface area contributed by atoms with Crippen LogP contribution in [0.25, 0.3) is 0 Å². The molecule has 2 heterocycles. The predicted octanol–water partition coefficient (Wildman–Crippen LogP) is 1.30. The lowest BCUT2D eigenvalue weighted by Gasteiger charge is -2.47. The molecule has 4 heteroatoms. The van der Waals surface area contributed by atoms with Crippen LogP contribution < -0.4 is 5.73 Å². The maximum atomic E-state index is 5.76. The predicted molar refractivity (Wildman–Crippen MR) is 79.3 cm³/mol. The summed E-state index contributed by atoms with van der Waals surface area (Å²) in [5, 5.41) is 0. The summed E-state index contributed by atoms with van der Waals surface area (Å²) < 4.78 is 5.66. The molecule has 19 heavy (non-hydrogen) atoms. The Morgan fingerprint density at radius 2 is 2.16 bits per heavy atom. The van der Waals surface area contributed by atoms with E-state index in [9.17, 15) is 0 Å². The third-order valence-corrected chi connectivity index (χ3v) is 4.72. The van der Waals surface area contributed by atoms with E-state index in [4.69, 9.17) is 10.5 Å². The molecular weight excluding hydrogens is 238 g/mol. The highest BCUT2D eigenvalue weighted by atomic mass is 16.5. The summed E-state index contributed by atoms with van der Waals surface area (Å²) in [5.74, 6) is 0.